The maximum atomic E-state index is 13.4. The Morgan fingerprint density at radius 3 is 1.89 bits per heavy atom. The molecule has 0 bridgehead atoms. The van der Waals surface area contributed by atoms with Crippen LogP contribution in [0, 0.1) is 11.6 Å². The first-order valence-corrected chi connectivity index (χ1v) is 9.13. The van der Waals surface area contributed by atoms with Crippen LogP contribution < -0.4 is 0 Å². The lowest BCUT2D eigenvalue weighted by Gasteiger charge is -2.39. The second kappa shape index (κ2) is 7.98. The Labute approximate surface area is 157 Å². The molecule has 2 heterocycles. The van der Waals surface area contributed by atoms with Crippen molar-refractivity contribution in [3.05, 3.63) is 89.5 Å². The summed E-state index contributed by atoms with van der Waals surface area (Å²) in [6.07, 6.45) is 3.55. The first-order valence-electron chi connectivity index (χ1n) is 9.13. The van der Waals surface area contributed by atoms with E-state index >= 15 is 0 Å². The summed E-state index contributed by atoms with van der Waals surface area (Å²) in [6.45, 7) is 4.47. The molecule has 0 amide bonds. The second-order valence-electron chi connectivity index (χ2n) is 6.89. The largest absolute Gasteiger partial charge is 0.347 e. The van der Waals surface area contributed by atoms with E-state index in [4.69, 9.17) is 0 Å². The first-order chi connectivity index (χ1) is 13.2. The summed E-state index contributed by atoms with van der Waals surface area (Å²) < 4.78 is 26.8. The maximum absolute atomic E-state index is 13.4. The van der Waals surface area contributed by atoms with E-state index in [2.05, 4.69) is 19.8 Å². The molecule has 1 aromatic heterocycles. The SMILES string of the molecule is Fc1ccc(C(c2ccc(F)cc2)N2CCN(Cc3cnc[nH]3)CC2)cc1. The topological polar surface area (TPSA) is 35.2 Å². The average molecular weight is 368 g/mol. The Bertz CT molecular complexity index is 793. The number of benzene rings is 2. The zero-order valence-corrected chi connectivity index (χ0v) is 15.0. The number of halogens is 2. The molecule has 6 heteroatoms. The van der Waals surface area contributed by atoms with Gasteiger partial charge in [0.15, 0.2) is 0 Å². The minimum Gasteiger partial charge on any atom is -0.347 e. The Balaban J connectivity index is 1.52. The Morgan fingerprint density at radius 1 is 0.852 bits per heavy atom. The van der Waals surface area contributed by atoms with Gasteiger partial charge in [-0.15, -0.1) is 0 Å². The van der Waals surface area contributed by atoms with Gasteiger partial charge in [0, 0.05) is 44.6 Å². The van der Waals surface area contributed by atoms with Crippen LogP contribution >= 0.6 is 0 Å². The van der Waals surface area contributed by atoms with E-state index in [1.54, 1.807) is 6.33 Å². The lowest BCUT2D eigenvalue weighted by Crippen LogP contribution is -2.47. The fraction of sp³-hybridized carbons (Fsp3) is 0.286. The van der Waals surface area contributed by atoms with Crippen LogP contribution in [0.1, 0.15) is 22.9 Å². The smallest absolute Gasteiger partial charge is 0.123 e. The number of aromatic amines is 1. The summed E-state index contributed by atoms with van der Waals surface area (Å²) in [6, 6.07) is 13.2. The number of nitrogens with zero attached hydrogens (tertiary/aromatic N) is 3. The van der Waals surface area contributed by atoms with Crippen LogP contribution in [-0.2, 0) is 6.54 Å². The van der Waals surface area contributed by atoms with E-state index in [0.29, 0.717) is 0 Å². The quantitative estimate of drug-likeness (QED) is 0.747. The van der Waals surface area contributed by atoms with E-state index in [-0.39, 0.29) is 17.7 Å². The van der Waals surface area contributed by atoms with Gasteiger partial charge in [-0.05, 0) is 35.4 Å². The molecule has 1 fully saturated rings. The van der Waals surface area contributed by atoms with Crippen molar-refractivity contribution < 1.29 is 8.78 Å². The molecule has 140 valence electrons. The van der Waals surface area contributed by atoms with Crippen molar-refractivity contribution in [3.8, 4) is 0 Å². The predicted octanol–water partition coefficient (Wildman–Crippen LogP) is 3.60. The average Bonchev–Trinajstić information content (AvgIpc) is 3.19. The molecule has 4 nitrogen and oxygen atoms in total. The number of aromatic nitrogens is 2. The molecule has 0 radical (unpaired) electrons. The van der Waals surface area contributed by atoms with Crippen LogP contribution in [-0.4, -0.2) is 45.9 Å². The number of H-pyrrole nitrogens is 1. The molecule has 0 saturated carbocycles. The molecule has 0 aliphatic carbocycles. The molecule has 0 unspecified atom stereocenters. The second-order valence-corrected chi connectivity index (χ2v) is 6.89. The normalized spacial score (nSPS) is 16.1. The van der Waals surface area contributed by atoms with Crippen molar-refractivity contribution in [1.82, 2.24) is 19.8 Å². The van der Waals surface area contributed by atoms with Gasteiger partial charge >= 0.3 is 0 Å². The molecule has 2 aromatic carbocycles. The molecule has 1 saturated heterocycles. The molecule has 27 heavy (non-hydrogen) atoms. The van der Waals surface area contributed by atoms with Gasteiger partial charge in [-0.1, -0.05) is 24.3 Å². The van der Waals surface area contributed by atoms with Gasteiger partial charge in [-0.2, -0.15) is 0 Å². The molecular weight excluding hydrogens is 346 g/mol. The third kappa shape index (κ3) is 4.23. The van der Waals surface area contributed by atoms with Crippen molar-refractivity contribution in [3.63, 3.8) is 0 Å². The van der Waals surface area contributed by atoms with Gasteiger partial charge in [0.25, 0.3) is 0 Å². The van der Waals surface area contributed by atoms with Crippen LogP contribution in [0.5, 0.6) is 0 Å². The number of imidazole rings is 1. The van der Waals surface area contributed by atoms with Gasteiger partial charge in [-0.25, -0.2) is 13.8 Å². The highest BCUT2D eigenvalue weighted by atomic mass is 19.1. The monoisotopic (exact) mass is 368 g/mol. The fourth-order valence-corrected chi connectivity index (χ4v) is 3.70. The van der Waals surface area contributed by atoms with Crippen molar-refractivity contribution in [2.24, 2.45) is 0 Å². The first kappa shape index (κ1) is 17.8. The number of rotatable bonds is 5. The summed E-state index contributed by atoms with van der Waals surface area (Å²) >= 11 is 0. The Morgan fingerprint density at radius 2 is 1.41 bits per heavy atom. The lowest BCUT2D eigenvalue weighted by molar-refractivity contribution is 0.104. The van der Waals surface area contributed by atoms with Gasteiger partial charge in [0.05, 0.1) is 12.4 Å². The Hall–Kier alpha value is -2.57. The summed E-state index contributed by atoms with van der Waals surface area (Å²) in [4.78, 5) is 12.0. The van der Waals surface area contributed by atoms with Crippen molar-refractivity contribution in [1.29, 1.82) is 0 Å². The molecule has 1 aliphatic rings. The number of piperazine rings is 1. The summed E-state index contributed by atoms with van der Waals surface area (Å²) in [5.74, 6) is -0.498. The minimum atomic E-state index is -0.249. The highest BCUT2D eigenvalue weighted by Crippen LogP contribution is 2.30. The molecule has 0 atom stereocenters. The summed E-state index contributed by atoms with van der Waals surface area (Å²) in [5.41, 5.74) is 3.15. The zero-order chi connectivity index (χ0) is 18.6. The molecule has 4 rings (SSSR count). The highest BCUT2D eigenvalue weighted by molar-refractivity contribution is 5.32. The number of nitrogens with one attached hydrogen (secondary N) is 1. The van der Waals surface area contributed by atoms with Crippen LogP contribution in [0.15, 0.2) is 61.1 Å². The van der Waals surface area contributed by atoms with Crippen LogP contribution in [0.3, 0.4) is 0 Å². The molecule has 0 spiro atoms. The standard InChI is InChI=1S/C21H22F2N4/c22-18-5-1-16(2-6-18)21(17-3-7-19(23)8-4-17)27-11-9-26(10-12-27)14-20-13-24-15-25-20/h1-8,13,15,21H,9-12,14H2,(H,24,25). The van der Waals surface area contributed by atoms with Gasteiger partial charge in [-0.3, -0.25) is 9.80 Å². The van der Waals surface area contributed by atoms with E-state index in [0.717, 1.165) is 49.5 Å². The van der Waals surface area contributed by atoms with E-state index < -0.39 is 0 Å². The molecular formula is C21H22F2N4. The van der Waals surface area contributed by atoms with Crippen LogP contribution in [0.25, 0.3) is 0 Å². The minimum absolute atomic E-state index is 0.0134. The third-order valence-electron chi connectivity index (χ3n) is 5.09. The molecule has 3 aromatic rings. The molecule has 1 N–H and O–H groups in total. The van der Waals surface area contributed by atoms with Crippen molar-refractivity contribution in [2.75, 3.05) is 26.2 Å². The maximum Gasteiger partial charge on any atom is 0.123 e. The van der Waals surface area contributed by atoms with Crippen LogP contribution in [0.2, 0.25) is 0 Å². The summed E-state index contributed by atoms with van der Waals surface area (Å²) in [5, 5.41) is 0. The highest BCUT2D eigenvalue weighted by Gasteiger charge is 2.26. The van der Waals surface area contributed by atoms with E-state index in [1.165, 1.54) is 24.3 Å². The van der Waals surface area contributed by atoms with E-state index in [9.17, 15) is 8.78 Å². The van der Waals surface area contributed by atoms with Crippen LogP contribution in [0.4, 0.5) is 8.78 Å². The van der Waals surface area contributed by atoms with Crippen molar-refractivity contribution in [2.45, 2.75) is 12.6 Å². The number of hydrogen-bond donors (Lipinski definition) is 1. The van der Waals surface area contributed by atoms with Crippen molar-refractivity contribution >= 4 is 0 Å². The zero-order valence-electron chi connectivity index (χ0n) is 15.0. The third-order valence-corrected chi connectivity index (χ3v) is 5.09. The summed E-state index contributed by atoms with van der Waals surface area (Å²) in [7, 11) is 0. The fourth-order valence-electron chi connectivity index (χ4n) is 3.70. The van der Waals surface area contributed by atoms with E-state index in [1.807, 2.05) is 30.5 Å². The van der Waals surface area contributed by atoms with Gasteiger partial charge < -0.3 is 4.98 Å². The lowest BCUT2D eigenvalue weighted by atomic mass is 9.96. The Kier molecular flexibility index (Phi) is 5.27. The number of hydrogen-bond acceptors (Lipinski definition) is 3. The molecule has 1 aliphatic heterocycles. The van der Waals surface area contributed by atoms with Gasteiger partial charge in [0.1, 0.15) is 11.6 Å². The predicted molar refractivity (Wildman–Crippen MR) is 100 cm³/mol. The van der Waals surface area contributed by atoms with Gasteiger partial charge in [0.2, 0.25) is 0 Å².